The van der Waals surface area contributed by atoms with Gasteiger partial charge in [0.1, 0.15) is 0 Å². The van der Waals surface area contributed by atoms with Gasteiger partial charge in [-0.15, -0.1) is 0 Å². The monoisotopic (exact) mass is 281 g/mol. The van der Waals surface area contributed by atoms with E-state index in [4.69, 9.17) is 4.74 Å². The van der Waals surface area contributed by atoms with Gasteiger partial charge in [-0.3, -0.25) is 0 Å². The van der Waals surface area contributed by atoms with Gasteiger partial charge in [0.25, 0.3) is 0 Å². The lowest BCUT2D eigenvalue weighted by Gasteiger charge is -2.25. The lowest BCUT2D eigenvalue weighted by molar-refractivity contribution is -0.0402. The molecule has 0 radical (unpaired) electrons. The smallest absolute Gasteiger partial charge is 0.0687 e. The maximum atomic E-state index is 6.44. The highest BCUT2D eigenvalue weighted by Gasteiger charge is 2.41. The SMILES string of the molecule is CCCNC(CCC1CCC2(CCCC2)O1)CC(C)C. The zero-order chi connectivity index (χ0) is 14.4. The Hall–Kier alpha value is -0.0800. The molecule has 20 heavy (non-hydrogen) atoms. The van der Waals surface area contributed by atoms with E-state index in [0.29, 0.717) is 17.7 Å². The molecule has 2 atom stereocenters. The van der Waals surface area contributed by atoms with Gasteiger partial charge >= 0.3 is 0 Å². The van der Waals surface area contributed by atoms with E-state index in [1.165, 1.54) is 64.2 Å². The van der Waals surface area contributed by atoms with Crippen LogP contribution < -0.4 is 5.32 Å². The molecule has 2 nitrogen and oxygen atoms in total. The third-order valence-corrected chi connectivity index (χ3v) is 5.13. The van der Waals surface area contributed by atoms with Crippen LogP contribution in [0.1, 0.15) is 85.0 Å². The number of hydrogen-bond donors (Lipinski definition) is 1. The standard InChI is InChI=1S/C18H35NO/c1-4-13-19-16(14-15(2)3)7-8-17-9-12-18(20-17)10-5-6-11-18/h15-17,19H,4-14H2,1-3H3. The summed E-state index contributed by atoms with van der Waals surface area (Å²) in [5, 5.41) is 3.73. The first-order chi connectivity index (χ1) is 9.63. The first kappa shape index (κ1) is 16.3. The van der Waals surface area contributed by atoms with Gasteiger partial charge in [-0.1, -0.05) is 33.6 Å². The minimum Gasteiger partial charge on any atom is -0.372 e. The molecule has 1 N–H and O–H groups in total. The Kier molecular flexibility index (Phi) is 6.35. The van der Waals surface area contributed by atoms with Crippen molar-refractivity contribution in [3.63, 3.8) is 0 Å². The average Bonchev–Trinajstić information content (AvgIpc) is 3.03. The topological polar surface area (TPSA) is 21.3 Å². The fourth-order valence-electron chi connectivity index (χ4n) is 4.09. The van der Waals surface area contributed by atoms with Crippen molar-refractivity contribution in [2.45, 2.75) is 103 Å². The third-order valence-electron chi connectivity index (χ3n) is 5.13. The molecule has 1 saturated heterocycles. The van der Waals surface area contributed by atoms with Crippen LogP contribution >= 0.6 is 0 Å². The number of rotatable bonds is 8. The van der Waals surface area contributed by atoms with Crippen LogP contribution in [-0.4, -0.2) is 24.3 Å². The van der Waals surface area contributed by atoms with Crippen molar-refractivity contribution in [1.82, 2.24) is 5.32 Å². The first-order valence-electron chi connectivity index (χ1n) is 9.05. The van der Waals surface area contributed by atoms with Crippen LogP contribution in [0.5, 0.6) is 0 Å². The predicted octanol–water partition coefficient (Wildman–Crippen LogP) is 4.67. The van der Waals surface area contributed by atoms with Gasteiger partial charge in [0.15, 0.2) is 0 Å². The van der Waals surface area contributed by atoms with Crippen LogP contribution in [0, 0.1) is 5.92 Å². The molecule has 0 bridgehead atoms. The van der Waals surface area contributed by atoms with Crippen LogP contribution in [0.15, 0.2) is 0 Å². The molecule has 1 saturated carbocycles. The Labute approximate surface area is 126 Å². The first-order valence-corrected chi connectivity index (χ1v) is 9.05. The second kappa shape index (κ2) is 7.79. The molecule has 0 aromatic heterocycles. The van der Waals surface area contributed by atoms with E-state index in [1.807, 2.05) is 0 Å². The van der Waals surface area contributed by atoms with E-state index >= 15 is 0 Å². The second-order valence-electron chi connectivity index (χ2n) is 7.53. The third kappa shape index (κ3) is 4.73. The summed E-state index contributed by atoms with van der Waals surface area (Å²) in [6, 6.07) is 0.693. The van der Waals surface area contributed by atoms with Crippen molar-refractivity contribution in [2.75, 3.05) is 6.54 Å². The molecule has 1 aliphatic carbocycles. The van der Waals surface area contributed by atoms with E-state index in [9.17, 15) is 0 Å². The maximum absolute atomic E-state index is 6.44. The Balaban J connectivity index is 1.71. The minimum absolute atomic E-state index is 0.315. The molecule has 2 unspecified atom stereocenters. The lowest BCUT2D eigenvalue weighted by Crippen LogP contribution is -2.32. The average molecular weight is 281 g/mol. The van der Waals surface area contributed by atoms with Crippen molar-refractivity contribution in [2.24, 2.45) is 5.92 Å². The van der Waals surface area contributed by atoms with Gasteiger partial charge in [-0.05, 0) is 63.8 Å². The fraction of sp³-hybridized carbons (Fsp3) is 1.00. The van der Waals surface area contributed by atoms with Crippen LogP contribution in [0.25, 0.3) is 0 Å². The van der Waals surface area contributed by atoms with Crippen molar-refractivity contribution < 1.29 is 4.74 Å². The number of nitrogens with one attached hydrogen (secondary N) is 1. The highest BCUT2D eigenvalue weighted by molar-refractivity contribution is 4.93. The molecule has 0 amide bonds. The van der Waals surface area contributed by atoms with Gasteiger partial charge in [0, 0.05) is 6.04 Å². The van der Waals surface area contributed by atoms with Gasteiger partial charge in [0.2, 0.25) is 0 Å². The van der Waals surface area contributed by atoms with Crippen LogP contribution in [0.4, 0.5) is 0 Å². The highest BCUT2D eigenvalue weighted by atomic mass is 16.5. The summed E-state index contributed by atoms with van der Waals surface area (Å²) >= 11 is 0. The summed E-state index contributed by atoms with van der Waals surface area (Å²) in [5.41, 5.74) is 0.315. The van der Waals surface area contributed by atoms with Crippen LogP contribution in [0.2, 0.25) is 0 Å². The van der Waals surface area contributed by atoms with E-state index in [2.05, 4.69) is 26.1 Å². The maximum Gasteiger partial charge on any atom is 0.0687 e. The molecular weight excluding hydrogens is 246 g/mol. The van der Waals surface area contributed by atoms with Crippen molar-refractivity contribution in [3.8, 4) is 0 Å². The zero-order valence-electron chi connectivity index (χ0n) is 13.9. The summed E-state index contributed by atoms with van der Waals surface area (Å²) in [5.74, 6) is 0.787. The van der Waals surface area contributed by atoms with Gasteiger partial charge < -0.3 is 10.1 Å². The fourth-order valence-corrected chi connectivity index (χ4v) is 4.09. The van der Waals surface area contributed by atoms with Gasteiger partial charge in [0.05, 0.1) is 11.7 Å². The molecule has 2 fully saturated rings. The molecule has 2 aliphatic rings. The van der Waals surface area contributed by atoms with E-state index in [1.54, 1.807) is 0 Å². The van der Waals surface area contributed by atoms with Crippen LogP contribution in [0.3, 0.4) is 0 Å². The molecule has 2 heteroatoms. The summed E-state index contributed by atoms with van der Waals surface area (Å²) in [7, 11) is 0. The van der Waals surface area contributed by atoms with Gasteiger partial charge in [-0.25, -0.2) is 0 Å². The molecule has 1 spiro atoms. The Morgan fingerprint density at radius 2 is 1.95 bits per heavy atom. The molecule has 1 aliphatic heterocycles. The lowest BCUT2D eigenvalue weighted by atomic mass is 9.96. The zero-order valence-corrected chi connectivity index (χ0v) is 13.9. The molecular formula is C18H35NO. The molecule has 1 heterocycles. The summed E-state index contributed by atoms with van der Waals surface area (Å²) < 4.78 is 6.44. The van der Waals surface area contributed by atoms with Crippen molar-refractivity contribution in [3.05, 3.63) is 0 Å². The number of ether oxygens (including phenoxy) is 1. The molecule has 0 aromatic carbocycles. The summed E-state index contributed by atoms with van der Waals surface area (Å²) in [6.45, 7) is 8.08. The van der Waals surface area contributed by atoms with E-state index < -0.39 is 0 Å². The van der Waals surface area contributed by atoms with Crippen molar-refractivity contribution >= 4 is 0 Å². The highest BCUT2D eigenvalue weighted by Crippen LogP contribution is 2.44. The largest absolute Gasteiger partial charge is 0.372 e. The molecule has 0 aromatic rings. The Bertz CT molecular complexity index is 271. The quantitative estimate of drug-likeness (QED) is 0.698. The molecule has 2 rings (SSSR count). The van der Waals surface area contributed by atoms with Crippen LogP contribution in [-0.2, 0) is 4.74 Å². The van der Waals surface area contributed by atoms with E-state index in [-0.39, 0.29) is 0 Å². The predicted molar refractivity (Wildman–Crippen MR) is 86.1 cm³/mol. The minimum atomic E-state index is 0.315. The number of hydrogen-bond acceptors (Lipinski definition) is 2. The molecule has 118 valence electrons. The van der Waals surface area contributed by atoms with Crippen molar-refractivity contribution in [1.29, 1.82) is 0 Å². The van der Waals surface area contributed by atoms with Gasteiger partial charge in [-0.2, -0.15) is 0 Å². The Morgan fingerprint density at radius 3 is 2.60 bits per heavy atom. The summed E-state index contributed by atoms with van der Waals surface area (Å²) in [4.78, 5) is 0. The Morgan fingerprint density at radius 1 is 1.20 bits per heavy atom. The normalized spacial score (nSPS) is 26.7. The second-order valence-corrected chi connectivity index (χ2v) is 7.53. The van der Waals surface area contributed by atoms with E-state index in [0.717, 1.165) is 12.5 Å². The summed E-state index contributed by atoms with van der Waals surface area (Å²) in [6.07, 6.45) is 13.7.